The summed E-state index contributed by atoms with van der Waals surface area (Å²) in [6, 6.07) is 1.34. The van der Waals surface area contributed by atoms with Gasteiger partial charge in [0.05, 0.1) is 0 Å². The lowest BCUT2D eigenvalue weighted by molar-refractivity contribution is 0.617. The molecule has 0 unspecified atom stereocenters. The highest BCUT2D eigenvalue weighted by molar-refractivity contribution is 5.42. The van der Waals surface area contributed by atoms with Crippen molar-refractivity contribution in [1.82, 2.24) is 4.98 Å². The number of hydrogen-bond acceptors (Lipinski definition) is 2. The molecule has 1 aromatic rings. The Morgan fingerprint density at radius 3 is 2.80 bits per heavy atom. The van der Waals surface area contributed by atoms with E-state index >= 15 is 0 Å². The second-order valence-corrected chi connectivity index (χ2v) is 2.02. The minimum atomic E-state index is -0.223. The van der Waals surface area contributed by atoms with Gasteiger partial charge in [-0.15, -0.1) is 0 Å². The normalized spacial score (nSPS) is 9.50. The zero-order valence-corrected chi connectivity index (χ0v) is 5.98. The maximum absolute atomic E-state index is 12.7. The van der Waals surface area contributed by atoms with E-state index in [0.29, 0.717) is 11.4 Å². The standard InChI is InChI=1S/C7H9FN2/c1-5-6(8)3-4-10-7(5)9-2/h3-4H,1-2H3,(H,9,10). The van der Waals surface area contributed by atoms with Gasteiger partial charge in [-0.1, -0.05) is 0 Å². The first-order valence-electron chi connectivity index (χ1n) is 3.04. The Balaban J connectivity index is 3.14. The molecule has 0 saturated carbocycles. The van der Waals surface area contributed by atoms with Crippen LogP contribution >= 0.6 is 0 Å². The van der Waals surface area contributed by atoms with Crippen molar-refractivity contribution in [1.29, 1.82) is 0 Å². The van der Waals surface area contributed by atoms with Gasteiger partial charge in [-0.3, -0.25) is 0 Å². The molecule has 0 radical (unpaired) electrons. The first-order chi connectivity index (χ1) is 4.75. The van der Waals surface area contributed by atoms with E-state index in [2.05, 4.69) is 10.3 Å². The maximum atomic E-state index is 12.7. The number of nitrogens with one attached hydrogen (secondary N) is 1. The van der Waals surface area contributed by atoms with E-state index in [-0.39, 0.29) is 5.82 Å². The third-order valence-electron chi connectivity index (χ3n) is 1.37. The fourth-order valence-corrected chi connectivity index (χ4v) is 0.764. The van der Waals surface area contributed by atoms with Gasteiger partial charge in [-0.05, 0) is 13.0 Å². The van der Waals surface area contributed by atoms with Crippen LogP contribution in [0, 0.1) is 12.7 Å². The molecule has 0 spiro atoms. The molecule has 3 heteroatoms. The molecule has 0 saturated heterocycles. The van der Waals surface area contributed by atoms with Crippen LogP contribution < -0.4 is 5.32 Å². The van der Waals surface area contributed by atoms with Crippen molar-refractivity contribution in [2.45, 2.75) is 6.92 Å². The highest BCUT2D eigenvalue weighted by atomic mass is 19.1. The monoisotopic (exact) mass is 140 g/mol. The van der Waals surface area contributed by atoms with Crippen molar-refractivity contribution in [2.24, 2.45) is 0 Å². The molecule has 1 heterocycles. The fraction of sp³-hybridized carbons (Fsp3) is 0.286. The number of aromatic nitrogens is 1. The summed E-state index contributed by atoms with van der Waals surface area (Å²) >= 11 is 0. The van der Waals surface area contributed by atoms with Gasteiger partial charge in [0.1, 0.15) is 11.6 Å². The van der Waals surface area contributed by atoms with Crippen LogP contribution in [-0.4, -0.2) is 12.0 Å². The smallest absolute Gasteiger partial charge is 0.131 e. The van der Waals surface area contributed by atoms with Crippen LogP contribution in [0.15, 0.2) is 12.3 Å². The minimum absolute atomic E-state index is 0.223. The quantitative estimate of drug-likeness (QED) is 0.640. The van der Waals surface area contributed by atoms with Crippen LogP contribution in [0.25, 0.3) is 0 Å². The van der Waals surface area contributed by atoms with Crippen molar-refractivity contribution in [3.63, 3.8) is 0 Å². The Morgan fingerprint density at radius 2 is 2.30 bits per heavy atom. The molecular formula is C7H9FN2. The molecule has 10 heavy (non-hydrogen) atoms. The summed E-state index contributed by atoms with van der Waals surface area (Å²) in [4.78, 5) is 3.91. The van der Waals surface area contributed by atoms with Gasteiger partial charge in [-0.25, -0.2) is 9.37 Å². The highest BCUT2D eigenvalue weighted by Gasteiger charge is 2.00. The Hall–Kier alpha value is -1.12. The average Bonchev–Trinajstić information content (AvgIpc) is 1.95. The zero-order valence-electron chi connectivity index (χ0n) is 5.98. The van der Waals surface area contributed by atoms with Crippen molar-refractivity contribution < 1.29 is 4.39 Å². The van der Waals surface area contributed by atoms with E-state index in [9.17, 15) is 4.39 Å². The Morgan fingerprint density at radius 1 is 1.60 bits per heavy atom. The first kappa shape index (κ1) is 6.99. The Kier molecular flexibility index (Phi) is 1.85. The summed E-state index contributed by atoms with van der Waals surface area (Å²) in [6.45, 7) is 1.69. The summed E-state index contributed by atoms with van der Waals surface area (Å²) in [5, 5.41) is 2.78. The van der Waals surface area contributed by atoms with E-state index in [4.69, 9.17) is 0 Å². The predicted molar refractivity (Wildman–Crippen MR) is 38.5 cm³/mol. The van der Waals surface area contributed by atoms with Crippen LogP contribution in [0.4, 0.5) is 10.2 Å². The van der Waals surface area contributed by atoms with Crippen molar-refractivity contribution in [3.8, 4) is 0 Å². The van der Waals surface area contributed by atoms with Crippen LogP contribution in [0.3, 0.4) is 0 Å². The molecule has 1 rings (SSSR count). The molecule has 0 aliphatic heterocycles. The Labute approximate surface area is 59.1 Å². The van der Waals surface area contributed by atoms with E-state index < -0.39 is 0 Å². The summed E-state index contributed by atoms with van der Waals surface area (Å²) in [6.07, 6.45) is 1.44. The summed E-state index contributed by atoms with van der Waals surface area (Å²) in [5.41, 5.74) is 0.560. The van der Waals surface area contributed by atoms with E-state index in [0.717, 1.165) is 0 Å². The molecular weight excluding hydrogens is 131 g/mol. The molecule has 0 aliphatic rings. The predicted octanol–water partition coefficient (Wildman–Crippen LogP) is 1.57. The molecule has 0 atom stereocenters. The maximum Gasteiger partial charge on any atom is 0.131 e. The second-order valence-electron chi connectivity index (χ2n) is 2.02. The topological polar surface area (TPSA) is 24.9 Å². The lowest BCUT2D eigenvalue weighted by Crippen LogP contribution is -1.96. The summed E-state index contributed by atoms with van der Waals surface area (Å²) in [5.74, 6) is 0.374. The Bertz CT molecular complexity index is 235. The van der Waals surface area contributed by atoms with Gasteiger partial charge in [0.2, 0.25) is 0 Å². The lowest BCUT2D eigenvalue weighted by atomic mass is 10.3. The molecule has 0 amide bonds. The van der Waals surface area contributed by atoms with Gasteiger partial charge in [-0.2, -0.15) is 0 Å². The number of pyridine rings is 1. The largest absolute Gasteiger partial charge is 0.373 e. The van der Waals surface area contributed by atoms with Gasteiger partial charge < -0.3 is 5.32 Å². The van der Waals surface area contributed by atoms with E-state index in [1.165, 1.54) is 12.3 Å². The molecule has 1 aromatic heterocycles. The molecule has 0 aromatic carbocycles. The molecule has 2 nitrogen and oxygen atoms in total. The number of anilines is 1. The lowest BCUT2D eigenvalue weighted by Gasteiger charge is -2.02. The second kappa shape index (κ2) is 2.64. The van der Waals surface area contributed by atoms with Crippen LogP contribution in [0.1, 0.15) is 5.56 Å². The first-order valence-corrected chi connectivity index (χ1v) is 3.04. The van der Waals surface area contributed by atoms with Crippen LogP contribution in [0.2, 0.25) is 0 Å². The summed E-state index contributed by atoms with van der Waals surface area (Å²) < 4.78 is 12.7. The van der Waals surface area contributed by atoms with E-state index in [1.54, 1.807) is 14.0 Å². The minimum Gasteiger partial charge on any atom is -0.373 e. The van der Waals surface area contributed by atoms with Crippen molar-refractivity contribution in [3.05, 3.63) is 23.6 Å². The number of hydrogen-bond donors (Lipinski definition) is 1. The molecule has 0 fully saturated rings. The molecule has 1 N–H and O–H groups in total. The van der Waals surface area contributed by atoms with Gasteiger partial charge in [0.15, 0.2) is 0 Å². The van der Waals surface area contributed by atoms with Crippen molar-refractivity contribution >= 4 is 5.82 Å². The number of halogens is 1. The SMILES string of the molecule is CNc1nccc(F)c1C. The van der Waals surface area contributed by atoms with Crippen LogP contribution in [-0.2, 0) is 0 Å². The molecule has 0 bridgehead atoms. The van der Waals surface area contributed by atoms with Gasteiger partial charge >= 0.3 is 0 Å². The average molecular weight is 140 g/mol. The van der Waals surface area contributed by atoms with Gasteiger partial charge in [0.25, 0.3) is 0 Å². The van der Waals surface area contributed by atoms with Gasteiger partial charge in [0, 0.05) is 18.8 Å². The fourth-order valence-electron chi connectivity index (χ4n) is 0.764. The molecule has 0 aliphatic carbocycles. The van der Waals surface area contributed by atoms with Crippen LogP contribution in [0.5, 0.6) is 0 Å². The third kappa shape index (κ3) is 1.07. The third-order valence-corrected chi connectivity index (χ3v) is 1.37. The zero-order chi connectivity index (χ0) is 7.56. The summed E-state index contributed by atoms with van der Waals surface area (Å²) in [7, 11) is 1.72. The number of nitrogens with zero attached hydrogens (tertiary/aromatic N) is 1. The van der Waals surface area contributed by atoms with Crippen molar-refractivity contribution in [2.75, 3.05) is 12.4 Å². The highest BCUT2D eigenvalue weighted by Crippen LogP contribution is 2.12. The number of rotatable bonds is 1. The van der Waals surface area contributed by atoms with E-state index in [1.807, 2.05) is 0 Å². The molecule has 54 valence electrons.